The van der Waals surface area contributed by atoms with E-state index in [1.165, 1.54) is 0 Å². The quantitative estimate of drug-likeness (QED) is 0.758. The highest BCUT2D eigenvalue weighted by molar-refractivity contribution is 7.99. The number of imidazole rings is 1. The summed E-state index contributed by atoms with van der Waals surface area (Å²) in [6.07, 6.45) is 1.47. The molecule has 6 heteroatoms. The third-order valence-corrected chi connectivity index (χ3v) is 3.39. The topological polar surface area (TPSA) is 50.9 Å². The van der Waals surface area contributed by atoms with E-state index in [0.717, 1.165) is 22.1 Å². The van der Waals surface area contributed by atoms with Gasteiger partial charge in [-0.05, 0) is 12.1 Å². The van der Waals surface area contributed by atoms with Crippen molar-refractivity contribution < 1.29 is 5.11 Å². The lowest BCUT2D eigenvalue weighted by Crippen LogP contribution is -2.23. The molecule has 0 saturated carbocycles. The summed E-state index contributed by atoms with van der Waals surface area (Å²) < 4.78 is 1.98. The molecule has 0 saturated heterocycles. The van der Waals surface area contributed by atoms with Crippen LogP contribution >= 0.6 is 24.2 Å². The monoisotopic (exact) mass is 243 g/mol. The number of aromatic nitrogens is 3. The van der Waals surface area contributed by atoms with Crippen LogP contribution in [0.2, 0.25) is 0 Å². The molecule has 0 radical (unpaired) electrons. The van der Waals surface area contributed by atoms with Crippen molar-refractivity contribution in [3.05, 3.63) is 18.3 Å². The molecule has 0 amide bonds. The highest BCUT2D eigenvalue weighted by atomic mass is 35.5. The van der Waals surface area contributed by atoms with Crippen molar-refractivity contribution in [2.75, 3.05) is 5.75 Å². The van der Waals surface area contributed by atoms with E-state index >= 15 is 0 Å². The van der Waals surface area contributed by atoms with Crippen LogP contribution in [0.3, 0.4) is 0 Å². The Bertz CT molecular complexity index is 487. The fourth-order valence-electron chi connectivity index (χ4n) is 1.65. The van der Waals surface area contributed by atoms with Gasteiger partial charge in [0.05, 0.1) is 12.6 Å². The minimum atomic E-state index is -0.285. The average Bonchev–Trinajstić information content (AvgIpc) is 2.56. The van der Waals surface area contributed by atoms with Crippen molar-refractivity contribution in [1.29, 1.82) is 0 Å². The number of hydrogen-bond donors (Lipinski definition) is 1. The second-order valence-electron chi connectivity index (χ2n) is 3.32. The van der Waals surface area contributed by atoms with E-state index in [4.69, 9.17) is 0 Å². The van der Waals surface area contributed by atoms with Crippen molar-refractivity contribution in [2.45, 2.75) is 17.8 Å². The first-order valence-electron chi connectivity index (χ1n) is 4.47. The summed E-state index contributed by atoms with van der Waals surface area (Å²) in [5, 5.41) is 10.5. The number of hydrogen-bond acceptors (Lipinski definition) is 4. The number of nitrogens with zero attached hydrogens (tertiary/aromatic N) is 3. The first kappa shape index (κ1) is 10.7. The Hall–Kier alpha value is -0.780. The lowest BCUT2D eigenvalue weighted by Gasteiger charge is -2.18. The first-order valence-corrected chi connectivity index (χ1v) is 5.45. The number of pyridine rings is 1. The third kappa shape index (κ3) is 1.71. The molecule has 0 aliphatic carbocycles. The Morgan fingerprint density at radius 2 is 2.40 bits per heavy atom. The van der Waals surface area contributed by atoms with Crippen LogP contribution in [0.1, 0.15) is 0 Å². The summed E-state index contributed by atoms with van der Waals surface area (Å²) in [7, 11) is 0. The van der Waals surface area contributed by atoms with E-state index < -0.39 is 0 Å². The van der Waals surface area contributed by atoms with Crippen LogP contribution in [0, 0.1) is 0 Å². The number of halogens is 1. The standard InChI is InChI=1S/C9H9N3OS.ClH/c13-6-4-12-8-7(2-1-3-10-8)11-9(12)14-5-6;/h1-3,6,13H,4-5H2;1H. The molecule has 2 aromatic heterocycles. The van der Waals surface area contributed by atoms with Crippen molar-refractivity contribution in [1.82, 2.24) is 14.5 Å². The van der Waals surface area contributed by atoms with Crippen LogP contribution in [0.5, 0.6) is 0 Å². The first-order chi connectivity index (χ1) is 6.84. The summed E-state index contributed by atoms with van der Waals surface area (Å²) in [4.78, 5) is 8.70. The SMILES string of the molecule is Cl.OC1CSc2nc3cccnc3n2C1. The van der Waals surface area contributed by atoms with E-state index in [9.17, 15) is 5.11 Å². The zero-order valence-electron chi connectivity index (χ0n) is 7.83. The molecule has 0 spiro atoms. The Kier molecular flexibility index (Phi) is 2.86. The van der Waals surface area contributed by atoms with Gasteiger partial charge in [0.25, 0.3) is 0 Å². The molecular formula is C9H10ClN3OS. The van der Waals surface area contributed by atoms with Gasteiger partial charge in [0.2, 0.25) is 0 Å². The number of fused-ring (bicyclic) bond motifs is 3. The summed E-state index contributed by atoms with van der Waals surface area (Å²) in [6.45, 7) is 0.607. The average molecular weight is 244 g/mol. The second kappa shape index (κ2) is 4.00. The number of aliphatic hydroxyl groups excluding tert-OH is 1. The Labute approximate surface area is 97.1 Å². The second-order valence-corrected chi connectivity index (χ2v) is 4.30. The summed E-state index contributed by atoms with van der Waals surface area (Å²) >= 11 is 1.58. The molecule has 3 heterocycles. The maximum Gasteiger partial charge on any atom is 0.170 e. The molecule has 1 aliphatic heterocycles. The Balaban J connectivity index is 0.000000853. The molecule has 15 heavy (non-hydrogen) atoms. The van der Waals surface area contributed by atoms with Gasteiger partial charge >= 0.3 is 0 Å². The van der Waals surface area contributed by atoms with E-state index in [1.54, 1.807) is 18.0 Å². The van der Waals surface area contributed by atoms with Gasteiger partial charge in [0.15, 0.2) is 10.8 Å². The number of thioether (sulfide) groups is 1. The Morgan fingerprint density at radius 3 is 3.27 bits per heavy atom. The minimum Gasteiger partial charge on any atom is -0.390 e. The number of rotatable bonds is 0. The van der Waals surface area contributed by atoms with Gasteiger partial charge in [-0.25, -0.2) is 9.97 Å². The van der Waals surface area contributed by atoms with E-state index in [2.05, 4.69) is 9.97 Å². The van der Waals surface area contributed by atoms with E-state index in [1.807, 2.05) is 16.7 Å². The molecule has 1 unspecified atom stereocenters. The van der Waals surface area contributed by atoms with Gasteiger partial charge in [-0.1, -0.05) is 11.8 Å². The molecule has 1 aliphatic rings. The van der Waals surface area contributed by atoms with Gasteiger partial charge in [-0.2, -0.15) is 0 Å². The number of aliphatic hydroxyl groups is 1. The van der Waals surface area contributed by atoms with Crippen LogP contribution in [0.15, 0.2) is 23.5 Å². The van der Waals surface area contributed by atoms with Crippen molar-refractivity contribution in [3.63, 3.8) is 0 Å². The van der Waals surface area contributed by atoms with Crippen LogP contribution < -0.4 is 0 Å². The van der Waals surface area contributed by atoms with Crippen LogP contribution in [0.25, 0.3) is 11.2 Å². The molecule has 4 nitrogen and oxygen atoms in total. The fourth-order valence-corrected chi connectivity index (χ4v) is 2.57. The molecule has 1 atom stereocenters. The zero-order chi connectivity index (χ0) is 9.54. The maximum absolute atomic E-state index is 9.54. The highest BCUT2D eigenvalue weighted by Gasteiger charge is 2.20. The molecule has 0 bridgehead atoms. The predicted octanol–water partition coefficient (Wildman–Crippen LogP) is 1.32. The summed E-state index contributed by atoms with van der Waals surface area (Å²) in [5.74, 6) is 0.726. The van der Waals surface area contributed by atoms with Crippen LogP contribution in [0.4, 0.5) is 0 Å². The van der Waals surface area contributed by atoms with Crippen LogP contribution in [-0.2, 0) is 6.54 Å². The maximum atomic E-state index is 9.54. The van der Waals surface area contributed by atoms with Crippen molar-refractivity contribution in [3.8, 4) is 0 Å². The van der Waals surface area contributed by atoms with Crippen molar-refractivity contribution in [2.24, 2.45) is 0 Å². The molecule has 2 aromatic rings. The minimum absolute atomic E-state index is 0. The molecule has 0 aromatic carbocycles. The van der Waals surface area contributed by atoms with Gasteiger partial charge in [-0.15, -0.1) is 12.4 Å². The summed E-state index contributed by atoms with van der Waals surface area (Å²) in [5.41, 5.74) is 1.78. The smallest absolute Gasteiger partial charge is 0.170 e. The van der Waals surface area contributed by atoms with E-state index in [0.29, 0.717) is 6.54 Å². The molecular weight excluding hydrogens is 234 g/mol. The predicted molar refractivity (Wildman–Crippen MR) is 61.5 cm³/mol. The van der Waals surface area contributed by atoms with Gasteiger partial charge in [0.1, 0.15) is 5.52 Å². The van der Waals surface area contributed by atoms with E-state index in [-0.39, 0.29) is 18.5 Å². The zero-order valence-corrected chi connectivity index (χ0v) is 9.46. The summed E-state index contributed by atoms with van der Waals surface area (Å²) in [6, 6.07) is 3.82. The molecule has 0 fully saturated rings. The lowest BCUT2D eigenvalue weighted by molar-refractivity contribution is 0.171. The van der Waals surface area contributed by atoms with Gasteiger partial charge in [0, 0.05) is 11.9 Å². The lowest BCUT2D eigenvalue weighted by atomic mass is 10.4. The normalized spacial score (nSPS) is 19.7. The third-order valence-electron chi connectivity index (χ3n) is 2.27. The molecule has 1 N–H and O–H groups in total. The molecule has 80 valence electrons. The largest absolute Gasteiger partial charge is 0.390 e. The highest BCUT2D eigenvalue weighted by Crippen LogP contribution is 2.27. The Morgan fingerprint density at radius 1 is 1.53 bits per heavy atom. The van der Waals surface area contributed by atoms with Gasteiger partial charge < -0.3 is 9.67 Å². The molecule has 3 rings (SSSR count). The fraction of sp³-hybridized carbons (Fsp3) is 0.333. The van der Waals surface area contributed by atoms with Crippen molar-refractivity contribution >= 4 is 35.3 Å². The van der Waals surface area contributed by atoms with Crippen LogP contribution in [-0.4, -0.2) is 31.5 Å². The van der Waals surface area contributed by atoms with Gasteiger partial charge in [-0.3, -0.25) is 0 Å².